The highest BCUT2D eigenvalue weighted by Crippen LogP contribution is 2.42. The molecule has 0 saturated heterocycles. The van der Waals surface area contributed by atoms with Crippen LogP contribution >= 0.6 is 34.8 Å². The standard InChI is InChI=1S/C23H17Cl3N2O3/c1-12-19(24)13(2)21(26)22(20(12)25)30-11-18(29)27-15-8-9-17-16(10-15)28-23(31-17)14-6-4-3-5-7-14/h3-10H,11H2,1-2H3,(H,27,29). The Morgan fingerprint density at radius 2 is 1.68 bits per heavy atom. The molecule has 0 atom stereocenters. The zero-order valence-corrected chi connectivity index (χ0v) is 18.9. The fraction of sp³-hybridized carbons (Fsp3) is 0.130. The van der Waals surface area contributed by atoms with Gasteiger partial charge < -0.3 is 14.5 Å². The van der Waals surface area contributed by atoms with Gasteiger partial charge in [0.25, 0.3) is 5.91 Å². The van der Waals surface area contributed by atoms with Crippen molar-refractivity contribution in [3.05, 3.63) is 74.7 Å². The number of amides is 1. The quantitative estimate of drug-likeness (QED) is 0.335. The molecular weight excluding hydrogens is 459 g/mol. The van der Waals surface area contributed by atoms with Gasteiger partial charge in [0.2, 0.25) is 5.89 Å². The van der Waals surface area contributed by atoms with Crippen LogP contribution in [0.3, 0.4) is 0 Å². The fourth-order valence-electron chi connectivity index (χ4n) is 3.08. The van der Waals surface area contributed by atoms with Gasteiger partial charge in [-0.05, 0) is 55.3 Å². The molecule has 31 heavy (non-hydrogen) atoms. The van der Waals surface area contributed by atoms with Crippen LogP contribution in [0.25, 0.3) is 22.6 Å². The Morgan fingerprint density at radius 3 is 2.35 bits per heavy atom. The molecule has 1 amide bonds. The maximum atomic E-state index is 12.4. The van der Waals surface area contributed by atoms with Crippen molar-refractivity contribution in [3.63, 3.8) is 0 Å². The summed E-state index contributed by atoms with van der Waals surface area (Å²) in [7, 11) is 0. The zero-order valence-electron chi connectivity index (χ0n) is 16.6. The number of fused-ring (bicyclic) bond motifs is 1. The van der Waals surface area contributed by atoms with Crippen LogP contribution < -0.4 is 10.1 Å². The van der Waals surface area contributed by atoms with Crippen LogP contribution in [0.15, 0.2) is 52.9 Å². The van der Waals surface area contributed by atoms with Gasteiger partial charge in [-0.25, -0.2) is 4.98 Å². The van der Waals surface area contributed by atoms with E-state index >= 15 is 0 Å². The number of aromatic nitrogens is 1. The number of anilines is 1. The Labute approximate surface area is 193 Å². The number of hydrogen-bond donors (Lipinski definition) is 1. The molecule has 0 spiro atoms. The topological polar surface area (TPSA) is 64.4 Å². The zero-order chi connectivity index (χ0) is 22.1. The maximum Gasteiger partial charge on any atom is 0.262 e. The lowest BCUT2D eigenvalue weighted by molar-refractivity contribution is -0.118. The molecule has 4 aromatic rings. The molecule has 1 N–H and O–H groups in total. The number of carbonyl (C=O) groups excluding carboxylic acids is 1. The van der Waals surface area contributed by atoms with Crippen molar-refractivity contribution < 1.29 is 13.9 Å². The number of benzene rings is 3. The van der Waals surface area contributed by atoms with Gasteiger partial charge in [-0.3, -0.25) is 4.79 Å². The second kappa shape index (κ2) is 8.79. The molecule has 0 unspecified atom stereocenters. The van der Waals surface area contributed by atoms with E-state index in [0.29, 0.717) is 38.8 Å². The summed E-state index contributed by atoms with van der Waals surface area (Å²) >= 11 is 18.8. The number of nitrogens with one attached hydrogen (secondary N) is 1. The first-order valence-electron chi connectivity index (χ1n) is 9.37. The minimum atomic E-state index is -0.372. The van der Waals surface area contributed by atoms with Gasteiger partial charge in [-0.2, -0.15) is 0 Å². The number of carbonyl (C=O) groups is 1. The number of hydrogen-bond acceptors (Lipinski definition) is 4. The molecule has 1 aromatic heterocycles. The van der Waals surface area contributed by atoms with Crippen LogP contribution in [-0.2, 0) is 4.79 Å². The van der Waals surface area contributed by atoms with Gasteiger partial charge in [-0.1, -0.05) is 53.0 Å². The van der Waals surface area contributed by atoms with Gasteiger partial charge >= 0.3 is 0 Å². The third-order valence-electron chi connectivity index (χ3n) is 4.76. The van der Waals surface area contributed by atoms with Gasteiger partial charge in [0, 0.05) is 16.3 Å². The predicted molar refractivity (Wildman–Crippen MR) is 125 cm³/mol. The van der Waals surface area contributed by atoms with Crippen molar-refractivity contribution in [2.24, 2.45) is 0 Å². The second-order valence-electron chi connectivity index (χ2n) is 6.93. The largest absolute Gasteiger partial charge is 0.481 e. The molecule has 3 aromatic carbocycles. The van der Waals surface area contributed by atoms with E-state index in [0.717, 1.165) is 5.56 Å². The monoisotopic (exact) mass is 474 g/mol. The second-order valence-corrected chi connectivity index (χ2v) is 8.06. The van der Waals surface area contributed by atoms with Crippen LogP contribution in [0.1, 0.15) is 11.1 Å². The Bertz CT molecular complexity index is 1260. The Kier molecular flexibility index (Phi) is 6.10. The van der Waals surface area contributed by atoms with Crippen molar-refractivity contribution in [3.8, 4) is 17.2 Å². The van der Waals surface area contributed by atoms with E-state index in [2.05, 4.69) is 10.3 Å². The van der Waals surface area contributed by atoms with E-state index in [1.54, 1.807) is 32.0 Å². The molecule has 8 heteroatoms. The number of nitrogens with zero attached hydrogens (tertiary/aromatic N) is 1. The summed E-state index contributed by atoms with van der Waals surface area (Å²) in [6.07, 6.45) is 0. The van der Waals surface area contributed by atoms with Gasteiger partial charge in [0.05, 0.1) is 10.0 Å². The first-order valence-corrected chi connectivity index (χ1v) is 10.5. The molecule has 0 bridgehead atoms. The van der Waals surface area contributed by atoms with E-state index in [9.17, 15) is 4.79 Å². The minimum Gasteiger partial charge on any atom is -0.481 e. The van der Waals surface area contributed by atoms with Crippen molar-refractivity contribution in [2.45, 2.75) is 13.8 Å². The molecule has 158 valence electrons. The summed E-state index contributed by atoms with van der Waals surface area (Å²) in [5, 5.41) is 3.82. The lowest BCUT2D eigenvalue weighted by Gasteiger charge is -2.15. The van der Waals surface area contributed by atoms with Crippen LogP contribution in [0.5, 0.6) is 5.75 Å². The molecule has 1 heterocycles. The number of rotatable bonds is 5. The van der Waals surface area contributed by atoms with Gasteiger partial charge in [0.1, 0.15) is 5.52 Å². The Hall–Kier alpha value is -2.73. The van der Waals surface area contributed by atoms with Crippen LogP contribution in [-0.4, -0.2) is 17.5 Å². The first kappa shape index (κ1) is 21.5. The highest BCUT2D eigenvalue weighted by molar-refractivity contribution is 6.42. The van der Waals surface area contributed by atoms with Gasteiger partial charge in [-0.15, -0.1) is 0 Å². The fourth-order valence-corrected chi connectivity index (χ4v) is 3.90. The molecule has 0 saturated carbocycles. The molecular formula is C23H17Cl3N2O3. The maximum absolute atomic E-state index is 12.4. The highest BCUT2D eigenvalue weighted by Gasteiger charge is 2.19. The molecule has 0 radical (unpaired) electrons. The van der Waals surface area contributed by atoms with Crippen molar-refractivity contribution in [1.82, 2.24) is 4.98 Å². The first-order chi connectivity index (χ1) is 14.8. The highest BCUT2D eigenvalue weighted by atomic mass is 35.5. The number of ether oxygens (including phenoxy) is 1. The molecule has 4 rings (SSSR count). The lowest BCUT2D eigenvalue weighted by Crippen LogP contribution is -2.20. The van der Waals surface area contributed by atoms with Crippen LogP contribution in [0, 0.1) is 13.8 Å². The van der Waals surface area contributed by atoms with Crippen LogP contribution in [0.4, 0.5) is 5.69 Å². The van der Waals surface area contributed by atoms with Crippen molar-refractivity contribution in [2.75, 3.05) is 11.9 Å². The molecule has 5 nitrogen and oxygen atoms in total. The number of oxazole rings is 1. The van der Waals surface area contributed by atoms with E-state index in [-0.39, 0.29) is 28.3 Å². The average molecular weight is 476 g/mol. The summed E-state index contributed by atoms with van der Waals surface area (Å²) in [5.74, 6) is 0.376. The van der Waals surface area contributed by atoms with E-state index in [4.69, 9.17) is 44.0 Å². The van der Waals surface area contributed by atoms with Crippen molar-refractivity contribution >= 4 is 57.5 Å². The lowest BCUT2D eigenvalue weighted by atomic mass is 10.1. The van der Waals surface area contributed by atoms with Crippen molar-refractivity contribution in [1.29, 1.82) is 0 Å². The molecule has 0 aliphatic rings. The summed E-state index contributed by atoms with van der Waals surface area (Å²) in [5.41, 5.74) is 3.98. The SMILES string of the molecule is Cc1c(Cl)c(C)c(Cl)c(OCC(=O)Nc2ccc3oc(-c4ccccc4)nc3c2)c1Cl. The molecule has 0 fully saturated rings. The van der Waals surface area contributed by atoms with Gasteiger partial charge in [0.15, 0.2) is 17.9 Å². The number of halogens is 3. The summed E-state index contributed by atoms with van der Waals surface area (Å²) in [6, 6.07) is 14.8. The molecule has 0 aliphatic carbocycles. The van der Waals surface area contributed by atoms with E-state index < -0.39 is 0 Å². The minimum absolute atomic E-state index is 0.234. The van der Waals surface area contributed by atoms with E-state index in [1.807, 2.05) is 30.3 Å². The smallest absolute Gasteiger partial charge is 0.262 e. The summed E-state index contributed by atoms with van der Waals surface area (Å²) < 4.78 is 11.4. The Balaban J connectivity index is 1.48. The Morgan fingerprint density at radius 1 is 1.00 bits per heavy atom. The normalized spacial score (nSPS) is 11.0. The summed E-state index contributed by atoms with van der Waals surface area (Å²) in [6.45, 7) is 3.25. The summed E-state index contributed by atoms with van der Waals surface area (Å²) in [4.78, 5) is 16.9. The third-order valence-corrected chi connectivity index (χ3v) is 6.23. The predicted octanol–water partition coefficient (Wildman–Crippen LogP) is 7.09. The van der Waals surface area contributed by atoms with Crippen LogP contribution in [0.2, 0.25) is 15.1 Å². The third kappa shape index (κ3) is 4.35. The molecule has 0 aliphatic heterocycles. The van der Waals surface area contributed by atoms with E-state index in [1.165, 1.54) is 0 Å². The average Bonchev–Trinajstić information content (AvgIpc) is 3.20.